The predicted octanol–water partition coefficient (Wildman–Crippen LogP) is 3.52. The maximum absolute atomic E-state index is 12.0. The third kappa shape index (κ3) is 4.62. The molecule has 0 saturated carbocycles. The Morgan fingerprint density at radius 3 is 2.66 bits per heavy atom. The van der Waals surface area contributed by atoms with Gasteiger partial charge in [0.25, 0.3) is 5.95 Å². The first-order chi connectivity index (χ1) is 15.2. The van der Waals surface area contributed by atoms with Crippen LogP contribution in [0.1, 0.15) is 26.5 Å². The van der Waals surface area contributed by atoms with Crippen LogP contribution in [0.3, 0.4) is 0 Å². The van der Waals surface area contributed by atoms with Gasteiger partial charge in [-0.25, -0.2) is 19.0 Å². The van der Waals surface area contributed by atoms with E-state index in [0.717, 1.165) is 0 Å². The highest BCUT2D eigenvalue weighted by molar-refractivity contribution is 6.35. The van der Waals surface area contributed by atoms with Crippen molar-refractivity contribution in [3.63, 3.8) is 0 Å². The number of amides is 1. The fraction of sp³-hybridized carbons (Fsp3) is 0.300. The molecule has 3 heterocycles. The number of aryl methyl sites for hydroxylation is 1. The molecule has 0 atom stereocenters. The number of rotatable bonds is 5. The second-order valence-electron chi connectivity index (χ2n) is 7.87. The number of para-hydroxylation sites is 1. The lowest BCUT2D eigenvalue weighted by Crippen LogP contribution is -2.27. The minimum absolute atomic E-state index is 0.0794. The Hall–Kier alpha value is -3.73. The fourth-order valence-electron chi connectivity index (χ4n) is 2.92. The maximum atomic E-state index is 12.0. The van der Waals surface area contributed by atoms with Gasteiger partial charge in [0.1, 0.15) is 23.5 Å². The van der Waals surface area contributed by atoms with E-state index in [-0.39, 0.29) is 12.6 Å². The van der Waals surface area contributed by atoms with Crippen molar-refractivity contribution in [2.24, 2.45) is 7.05 Å². The van der Waals surface area contributed by atoms with E-state index in [1.807, 2.05) is 12.1 Å². The molecule has 0 bridgehead atoms. The molecule has 0 aliphatic heterocycles. The molecular weight excluding hydrogens is 436 g/mol. The Morgan fingerprint density at radius 2 is 1.94 bits per heavy atom. The largest absolute Gasteiger partial charge is 0.458 e. The number of nitrogens with one attached hydrogen (secondary N) is 1. The lowest BCUT2D eigenvalue weighted by atomic mass is 10.2. The van der Waals surface area contributed by atoms with Crippen LogP contribution in [0.4, 0.5) is 10.6 Å². The summed E-state index contributed by atoms with van der Waals surface area (Å²) >= 11 is 6.32. The van der Waals surface area contributed by atoms with E-state index in [2.05, 4.69) is 30.8 Å². The number of aromatic nitrogens is 7. The van der Waals surface area contributed by atoms with Gasteiger partial charge in [-0.1, -0.05) is 28.8 Å². The van der Waals surface area contributed by atoms with Gasteiger partial charge in [-0.3, -0.25) is 5.32 Å². The Morgan fingerprint density at radius 1 is 1.16 bits per heavy atom. The number of carbonyl (C=O) groups excluding carboxylic acids is 1. The highest BCUT2D eigenvalue weighted by atomic mass is 35.5. The van der Waals surface area contributed by atoms with Crippen LogP contribution < -0.4 is 10.1 Å². The van der Waals surface area contributed by atoms with Crippen LogP contribution in [0.25, 0.3) is 17.0 Å². The van der Waals surface area contributed by atoms with Gasteiger partial charge in [0.05, 0.1) is 16.2 Å². The molecule has 0 saturated heterocycles. The van der Waals surface area contributed by atoms with Crippen LogP contribution in [-0.4, -0.2) is 46.4 Å². The summed E-state index contributed by atoms with van der Waals surface area (Å²) in [6.45, 7) is 5.44. The number of imidazole rings is 1. The summed E-state index contributed by atoms with van der Waals surface area (Å²) in [6.07, 6.45) is -0.589. The number of tetrazole rings is 1. The molecule has 4 rings (SSSR count). The maximum Gasteiger partial charge on any atom is 0.413 e. The number of carbonyl (C=O) groups is 1. The number of anilines is 1. The molecule has 4 aromatic rings. The number of pyridine rings is 1. The minimum atomic E-state index is -0.611. The summed E-state index contributed by atoms with van der Waals surface area (Å²) < 4.78 is 14.4. The van der Waals surface area contributed by atoms with Gasteiger partial charge in [0.15, 0.2) is 0 Å². The van der Waals surface area contributed by atoms with Gasteiger partial charge in [-0.2, -0.15) is 4.98 Å². The summed E-state index contributed by atoms with van der Waals surface area (Å²) in [7, 11) is 1.71. The monoisotopic (exact) mass is 456 g/mol. The standard InChI is InChI=1S/C20H21ClN8O3/c1-20(2,3)32-19(30)23-15-10-5-7-12(22-15)11-31-18-24-16-13(21)8-6-9-14(16)29(18)17-25-26-27-28(17)4/h5-10H,11H2,1-4H3,(H,22,23,30). The number of ether oxygens (including phenoxy) is 2. The lowest BCUT2D eigenvalue weighted by molar-refractivity contribution is 0.0635. The van der Waals surface area contributed by atoms with Gasteiger partial charge in [0, 0.05) is 7.05 Å². The van der Waals surface area contributed by atoms with Gasteiger partial charge < -0.3 is 9.47 Å². The molecule has 11 nitrogen and oxygen atoms in total. The zero-order valence-electron chi connectivity index (χ0n) is 17.9. The first-order valence-electron chi connectivity index (χ1n) is 9.70. The normalized spacial score (nSPS) is 11.5. The molecule has 0 aliphatic rings. The molecule has 1 amide bonds. The van der Waals surface area contributed by atoms with Crippen LogP contribution in [-0.2, 0) is 18.4 Å². The molecule has 0 radical (unpaired) electrons. The zero-order chi connectivity index (χ0) is 22.9. The van der Waals surface area contributed by atoms with Gasteiger partial charge >= 0.3 is 12.1 Å². The Labute approximate surface area is 188 Å². The highest BCUT2D eigenvalue weighted by Gasteiger charge is 2.20. The van der Waals surface area contributed by atoms with Crippen molar-refractivity contribution in [2.45, 2.75) is 33.0 Å². The molecule has 12 heteroatoms. The third-order valence-electron chi connectivity index (χ3n) is 4.19. The van der Waals surface area contributed by atoms with Crippen molar-refractivity contribution in [1.29, 1.82) is 0 Å². The average molecular weight is 457 g/mol. The predicted molar refractivity (Wildman–Crippen MR) is 117 cm³/mol. The average Bonchev–Trinajstić information content (AvgIpc) is 3.28. The van der Waals surface area contributed by atoms with Crippen molar-refractivity contribution in [2.75, 3.05) is 5.32 Å². The molecule has 0 aliphatic carbocycles. The summed E-state index contributed by atoms with van der Waals surface area (Å²) in [5.74, 6) is 0.757. The molecule has 3 aromatic heterocycles. The van der Waals surface area contributed by atoms with E-state index in [4.69, 9.17) is 21.1 Å². The summed E-state index contributed by atoms with van der Waals surface area (Å²) in [4.78, 5) is 20.9. The molecule has 1 N–H and O–H groups in total. The molecular formula is C20H21ClN8O3. The second-order valence-corrected chi connectivity index (χ2v) is 8.28. The van der Waals surface area contributed by atoms with E-state index in [0.29, 0.717) is 33.5 Å². The number of hydrogen-bond acceptors (Lipinski definition) is 8. The van der Waals surface area contributed by atoms with Crippen molar-refractivity contribution in [3.8, 4) is 12.0 Å². The van der Waals surface area contributed by atoms with Gasteiger partial charge in [-0.15, -0.1) is 0 Å². The van der Waals surface area contributed by atoms with E-state index < -0.39 is 11.7 Å². The fourth-order valence-corrected chi connectivity index (χ4v) is 3.14. The lowest BCUT2D eigenvalue weighted by Gasteiger charge is -2.19. The van der Waals surface area contributed by atoms with E-state index in [1.54, 1.807) is 56.7 Å². The van der Waals surface area contributed by atoms with E-state index in [9.17, 15) is 4.79 Å². The van der Waals surface area contributed by atoms with Crippen LogP contribution in [0.2, 0.25) is 5.02 Å². The summed E-state index contributed by atoms with van der Waals surface area (Å²) in [5, 5.41) is 14.7. The first-order valence-corrected chi connectivity index (χ1v) is 10.1. The number of halogens is 1. The van der Waals surface area contributed by atoms with Gasteiger partial charge in [0.2, 0.25) is 0 Å². The molecule has 0 spiro atoms. The first kappa shape index (κ1) is 21.5. The topological polar surface area (TPSA) is 122 Å². The van der Waals surface area contributed by atoms with Crippen LogP contribution in [0.5, 0.6) is 6.01 Å². The van der Waals surface area contributed by atoms with Crippen LogP contribution >= 0.6 is 11.6 Å². The smallest absolute Gasteiger partial charge is 0.413 e. The second kappa shape index (κ2) is 8.42. The van der Waals surface area contributed by atoms with E-state index in [1.165, 1.54) is 4.68 Å². The van der Waals surface area contributed by atoms with Crippen molar-refractivity contribution < 1.29 is 14.3 Å². The van der Waals surface area contributed by atoms with E-state index >= 15 is 0 Å². The van der Waals surface area contributed by atoms with Crippen molar-refractivity contribution >= 4 is 34.5 Å². The Bertz CT molecular complexity index is 1280. The molecule has 32 heavy (non-hydrogen) atoms. The third-order valence-corrected chi connectivity index (χ3v) is 4.49. The quantitative estimate of drug-likeness (QED) is 0.484. The number of hydrogen-bond donors (Lipinski definition) is 1. The minimum Gasteiger partial charge on any atom is -0.458 e. The van der Waals surface area contributed by atoms with Crippen molar-refractivity contribution in [3.05, 3.63) is 47.1 Å². The molecule has 166 valence electrons. The SMILES string of the molecule is Cn1nnnc1-n1c(OCc2cccc(NC(=O)OC(C)(C)C)n2)nc2c(Cl)cccc21. The Balaban J connectivity index is 1.58. The molecule has 0 unspecified atom stereocenters. The van der Waals surface area contributed by atoms with Crippen LogP contribution in [0.15, 0.2) is 36.4 Å². The summed E-state index contributed by atoms with van der Waals surface area (Å²) in [5.41, 5.74) is 1.21. The number of benzene rings is 1. The molecule has 0 fully saturated rings. The van der Waals surface area contributed by atoms with Crippen LogP contribution in [0, 0.1) is 0 Å². The zero-order valence-corrected chi connectivity index (χ0v) is 18.7. The van der Waals surface area contributed by atoms with Crippen molar-refractivity contribution in [1.82, 2.24) is 34.7 Å². The number of nitrogens with zero attached hydrogens (tertiary/aromatic N) is 7. The Kier molecular flexibility index (Phi) is 5.66. The van der Waals surface area contributed by atoms with Gasteiger partial charge in [-0.05, 0) is 55.5 Å². The molecule has 1 aromatic carbocycles. The highest BCUT2D eigenvalue weighted by Crippen LogP contribution is 2.29. The number of fused-ring (bicyclic) bond motifs is 1. The summed E-state index contributed by atoms with van der Waals surface area (Å²) in [6, 6.07) is 10.8.